The molecule has 2 aromatic carbocycles. The van der Waals surface area contributed by atoms with Crippen molar-refractivity contribution in [1.82, 2.24) is 4.57 Å². The molecule has 0 aliphatic rings. The molecule has 0 bridgehead atoms. The standard InChI is InChI=1S/C17H14N2O/c1-12-16(11-18)15-5-3-4-6-17(15)19(12)13-7-9-14(20-2)10-8-13/h3-10H,1-2H3. The van der Waals surface area contributed by atoms with Crippen LogP contribution in [0.3, 0.4) is 0 Å². The average molecular weight is 262 g/mol. The number of hydrogen-bond acceptors (Lipinski definition) is 2. The molecule has 3 aromatic rings. The smallest absolute Gasteiger partial charge is 0.119 e. The number of benzene rings is 2. The van der Waals surface area contributed by atoms with Crippen LogP contribution in [0.15, 0.2) is 48.5 Å². The minimum Gasteiger partial charge on any atom is -0.497 e. The van der Waals surface area contributed by atoms with E-state index < -0.39 is 0 Å². The van der Waals surface area contributed by atoms with E-state index >= 15 is 0 Å². The number of para-hydroxylation sites is 1. The molecule has 0 saturated carbocycles. The summed E-state index contributed by atoms with van der Waals surface area (Å²) in [5.74, 6) is 0.823. The Morgan fingerprint density at radius 3 is 2.40 bits per heavy atom. The lowest BCUT2D eigenvalue weighted by atomic mass is 10.1. The van der Waals surface area contributed by atoms with Crippen LogP contribution in [-0.4, -0.2) is 11.7 Å². The summed E-state index contributed by atoms with van der Waals surface area (Å²) in [6.07, 6.45) is 0. The van der Waals surface area contributed by atoms with Gasteiger partial charge >= 0.3 is 0 Å². The molecule has 0 fully saturated rings. The van der Waals surface area contributed by atoms with Crippen LogP contribution >= 0.6 is 0 Å². The van der Waals surface area contributed by atoms with Crippen molar-refractivity contribution in [2.24, 2.45) is 0 Å². The minimum atomic E-state index is 0.733. The second kappa shape index (κ2) is 4.75. The highest BCUT2D eigenvalue weighted by Gasteiger charge is 2.14. The maximum Gasteiger partial charge on any atom is 0.119 e. The first kappa shape index (κ1) is 12.3. The van der Waals surface area contributed by atoms with Gasteiger partial charge in [0.25, 0.3) is 0 Å². The third kappa shape index (κ3) is 1.74. The average Bonchev–Trinajstić information content (AvgIpc) is 2.79. The van der Waals surface area contributed by atoms with E-state index in [0.717, 1.165) is 33.6 Å². The van der Waals surface area contributed by atoms with Crippen molar-refractivity contribution in [2.75, 3.05) is 7.11 Å². The second-order valence-electron chi connectivity index (χ2n) is 4.62. The summed E-state index contributed by atoms with van der Waals surface area (Å²) < 4.78 is 7.29. The number of rotatable bonds is 2. The Kier molecular flexibility index (Phi) is 2.92. The molecule has 20 heavy (non-hydrogen) atoms. The monoisotopic (exact) mass is 262 g/mol. The van der Waals surface area contributed by atoms with Crippen molar-refractivity contribution in [1.29, 1.82) is 5.26 Å². The molecule has 0 unspecified atom stereocenters. The number of nitriles is 1. The number of aromatic nitrogens is 1. The van der Waals surface area contributed by atoms with Crippen LogP contribution in [0.25, 0.3) is 16.6 Å². The molecule has 0 amide bonds. The van der Waals surface area contributed by atoms with Crippen LogP contribution in [0, 0.1) is 18.3 Å². The van der Waals surface area contributed by atoms with Gasteiger partial charge in [-0.05, 0) is 37.3 Å². The van der Waals surface area contributed by atoms with Crippen molar-refractivity contribution < 1.29 is 4.74 Å². The number of fused-ring (bicyclic) bond motifs is 1. The highest BCUT2D eigenvalue weighted by molar-refractivity contribution is 5.89. The molecule has 0 radical (unpaired) electrons. The van der Waals surface area contributed by atoms with E-state index in [1.165, 1.54) is 0 Å². The van der Waals surface area contributed by atoms with Crippen molar-refractivity contribution in [3.8, 4) is 17.5 Å². The molecule has 3 nitrogen and oxygen atoms in total. The number of ether oxygens (including phenoxy) is 1. The Labute approximate surface area is 117 Å². The third-order valence-corrected chi connectivity index (χ3v) is 3.55. The van der Waals surface area contributed by atoms with Crippen LogP contribution in [0.2, 0.25) is 0 Å². The number of nitrogens with zero attached hydrogens (tertiary/aromatic N) is 2. The van der Waals surface area contributed by atoms with Gasteiger partial charge < -0.3 is 9.30 Å². The van der Waals surface area contributed by atoms with Crippen molar-refractivity contribution in [2.45, 2.75) is 6.92 Å². The van der Waals surface area contributed by atoms with Gasteiger partial charge in [-0.1, -0.05) is 18.2 Å². The normalized spacial score (nSPS) is 10.4. The molecule has 3 rings (SSSR count). The zero-order valence-corrected chi connectivity index (χ0v) is 11.4. The van der Waals surface area contributed by atoms with Gasteiger partial charge in [0.05, 0.1) is 18.2 Å². The summed E-state index contributed by atoms with van der Waals surface area (Å²) in [7, 11) is 1.65. The van der Waals surface area contributed by atoms with E-state index in [4.69, 9.17) is 4.74 Å². The first-order chi connectivity index (χ1) is 9.76. The third-order valence-electron chi connectivity index (χ3n) is 3.55. The SMILES string of the molecule is COc1ccc(-n2c(C)c(C#N)c3ccccc32)cc1. The van der Waals surface area contributed by atoms with Crippen LogP contribution < -0.4 is 4.74 Å². The summed E-state index contributed by atoms with van der Waals surface area (Å²) in [5.41, 5.74) is 3.77. The molecule has 0 aliphatic heterocycles. The Balaban J connectivity index is 2.30. The molecule has 0 spiro atoms. The van der Waals surface area contributed by atoms with E-state index in [1.807, 2.05) is 55.5 Å². The predicted molar refractivity (Wildman–Crippen MR) is 79.3 cm³/mol. The summed E-state index contributed by atoms with van der Waals surface area (Å²) in [5, 5.41) is 10.4. The maximum absolute atomic E-state index is 9.38. The summed E-state index contributed by atoms with van der Waals surface area (Å²) >= 11 is 0. The minimum absolute atomic E-state index is 0.733. The number of hydrogen-bond donors (Lipinski definition) is 0. The lowest BCUT2D eigenvalue weighted by Gasteiger charge is -2.09. The Bertz CT molecular complexity index is 807. The highest BCUT2D eigenvalue weighted by atomic mass is 16.5. The lowest BCUT2D eigenvalue weighted by molar-refractivity contribution is 0.415. The van der Waals surface area contributed by atoms with Crippen LogP contribution in [0.1, 0.15) is 11.3 Å². The van der Waals surface area contributed by atoms with Crippen LogP contribution in [0.4, 0.5) is 0 Å². The molecule has 0 saturated heterocycles. The Hall–Kier alpha value is -2.73. The lowest BCUT2D eigenvalue weighted by Crippen LogP contribution is -1.96. The summed E-state index contributed by atoms with van der Waals surface area (Å²) in [6, 6.07) is 18.1. The molecule has 0 N–H and O–H groups in total. The summed E-state index contributed by atoms with van der Waals surface area (Å²) in [4.78, 5) is 0. The largest absolute Gasteiger partial charge is 0.497 e. The van der Waals surface area contributed by atoms with E-state index in [1.54, 1.807) is 7.11 Å². The van der Waals surface area contributed by atoms with Gasteiger partial charge in [-0.2, -0.15) is 5.26 Å². The molecular formula is C17H14N2O. The van der Waals surface area contributed by atoms with E-state index in [0.29, 0.717) is 0 Å². The van der Waals surface area contributed by atoms with Gasteiger partial charge in [0.2, 0.25) is 0 Å². The zero-order valence-electron chi connectivity index (χ0n) is 11.4. The van der Waals surface area contributed by atoms with E-state index in [-0.39, 0.29) is 0 Å². The second-order valence-corrected chi connectivity index (χ2v) is 4.62. The molecular weight excluding hydrogens is 248 g/mol. The Morgan fingerprint density at radius 1 is 1.05 bits per heavy atom. The quantitative estimate of drug-likeness (QED) is 0.704. The van der Waals surface area contributed by atoms with Gasteiger partial charge in [-0.3, -0.25) is 0 Å². The maximum atomic E-state index is 9.38. The Morgan fingerprint density at radius 2 is 1.75 bits per heavy atom. The van der Waals surface area contributed by atoms with Crippen LogP contribution in [0.5, 0.6) is 5.75 Å². The zero-order chi connectivity index (χ0) is 14.1. The van der Waals surface area contributed by atoms with Crippen molar-refractivity contribution >= 4 is 10.9 Å². The fourth-order valence-electron chi connectivity index (χ4n) is 2.57. The number of methoxy groups -OCH3 is 1. The van der Waals surface area contributed by atoms with Crippen molar-refractivity contribution in [3.63, 3.8) is 0 Å². The van der Waals surface area contributed by atoms with Crippen LogP contribution in [-0.2, 0) is 0 Å². The molecule has 0 atom stereocenters. The molecule has 0 aliphatic carbocycles. The summed E-state index contributed by atoms with van der Waals surface area (Å²) in [6.45, 7) is 1.97. The fraction of sp³-hybridized carbons (Fsp3) is 0.118. The first-order valence-electron chi connectivity index (χ1n) is 6.41. The van der Waals surface area contributed by atoms with Gasteiger partial charge in [0.1, 0.15) is 11.8 Å². The van der Waals surface area contributed by atoms with E-state index in [9.17, 15) is 5.26 Å². The topological polar surface area (TPSA) is 38.0 Å². The van der Waals surface area contributed by atoms with E-state index in [2.05, 4.69) is 10.6 Å². The van der Waals surface area contributed by atoms with Gasteiger partial charge in [0, 0.05) is 16.8 Å². The fourth-order valence-corrected chi connectivity index (χ4v) is 2.57. The first-order valence-corrected chi connectivity index (χ1v) is 6.41. The van der Waals surface area contributed by atoms with Gasteiger partial charge in [-0.15, -0.1) is 0 Å². The predicted octanol–water partition coefficient (Wildman–Crippen LogP) is 3.82. The molecule has 3 heteroatoms. The van der Waals surface area contributed by atoms with Gasteiger partial charge in [0.15, 0.2) is 0 Å². The molecule has 1 aromatic heterocycles. The van der Waals surface area contributed by atoms with Crippen molar-refractivity contribution in [3.05, 3.63) is 59.8 Å². The van der Waals surface area contributed by atoms with Gasteiger partial charge in [-0.25, -0.2) is 0 Å². The molecule has 1 heterocycles. The highest BCUT2D eigenvalue weighted by Crippen LogP contribution is 2.29. The molecule has 98 valence electrons.